The molecule has 1 aliphatic rings. The second-order valence-corrected chi connectivity index (χ2v) is 7.88. The van der Waals surface area contributed by atoms with Crippen molar-refractivity contribution < 1.29 is 9.84 Å². The van der Waals surface area contributed by atoms with E-state index in [0.29, 0.717) is 15.8 Å². The third-order valence-electron chi connectivity index (χ3n) is 4.30. The van der Waals surface area contributed by atoms with E-state index in [9.17, 15) is 5.11 Å². The van der Waals surface area contributed by atoms with Crippen molar-refractivity contribution in [2.45, 2.75) is 18.9 Å². The van der Waals surface area contributed by atoms with E-state index in [2.05, 4.69) is 9.88 Å². The van der Waals surface area contributed by atoms with Gasteiger partial charge >= 0.3 is 5.19 Å². The van der Waals surface area contributed by atoms with E-state index in [1.807, 2.05) is 18.2 Å². The number of rotatable bonds is 3. The molecule has 0 saturated carbocycles. The molecule has 25 heavy (non-hydrogen) atoms. The largest absolute Gasteiger partial charge is 0.490 e. The first-order valence-corrected chi connectivity index (χ1v) is 9.60. The summed E-state index contributed by atoms with van der Waals surface area (Å²) < 4.78 is 6.97. The Labute approximate surface area is 159 Å². The van der Waals surface area contributed by atoms with Crippen LogP contribution in [0.1, 0.15) is 12.8 Å². The molecule has 0 unspecified atom stereocenters. The van der Waals surface area contributed by atoms with Crippen molar-refractivity contribution in [3.05, 3.63) is 46.4 Å². The second kappa shape index (κ2) is 6.90. The molecule has 2 heterocycles. The Bertz CT molecular complexity index is 887. The molecule has 1 radical (unpaired) electrons. The zero-order valence-corrected chi connectivity index (χ0v) is 15.6. The minimum atomic E-state index is -0.140. The first kappa shape index (κ1) is 16.8. The summed E-state index contributed by atoms with van der Waals surface area (Å²) in [4.78, 5) is 6.43. The molecule has 1 aliphatic heterocycles. The summed E-state index contributed by atoms with van der Waals surface area (Å²) in [7, 11) is 0. The summed E-state index contributed by atoms with van der Waals surface area (Å²) in [6.45, 7) is 1.70. The number of ether oxygens (including phenoxy) is 1. The minimum absolute atomic E-state index is 0.121. The highest BCUT2D eigenvalue weighted by atomic mass is 35.5. The molecule has 1 fully saturated rings. The van der Waals surface area contributed by atoms with Crippen LogP contribution >= 0.6 is 34.5 Å². The van der Waals surface area contributed by atoms with Gasteiger partial charge < -0.3 is 9.64 Å². The van der Waals surface area contributed by atoms with Gasteiger partial charge in [-0.15, -0.1) is 0 Å². The van der Waals surface area contributed by atoms with E-state index >= 15 is 0 Å². The van der Waals surface area contributed by atoms with Gasteiger partial charge in [0.05, 0.1) is 10.4 Å². The fourth-order valence-electron chi connectivity index (χ4n) is 3.17. The number of fused-ring (bicyclic) bond motifs is 1. The maximum Gasteiger partial charge on any atom is 0.327 e. The quantitative estimate of drug-likeness (QED) is 0.565. The summed E-state index contributed by atoms with van der Waals surface area (Å²) >= 11 is 13.2. The summed E-state index contributed by atoms with van der Waals surface area (Å²) in [6, 6.07) is 11.2. The minimum Gasteiger partial charge on any atom is -0.490 e. The van der Waals surface area contributed by atoms with E-state index in [0.717, 1.165) is 41.8 Å². The van der Waals surface area contributed by atoms with Crippen LogP contribution in [0.3, 0.4) is 0 Å². The molecule has 0 N–H and O–H groups in total. The van der Waals surface area contributed by atoms with Gasteiger partial charge in [-0.2, -0.15) is 4.98 Å². The number of piperidine rings is 1. The molecule has 0 spiro atoms. The van der Waals surface area contributed by atoms with Crippen LogP contribution in [0.15, 0.2) is 36.4 Å². The second-order valence-electron chi connectivity index (χ2n) is 6.01. The summed E-state index contributed by atoms with van der Waals surface area (Å²) in [5.41, 5.74) is 1.83. The number of hydrogen-bond donors (Lipinski definition) is 0. The SMILES string of the molecule is [O]c1nc2c(N3CCC(Oc4cc(Cl)cc(Cl)c4)CC3)cccc2s1. The number of thiazole rings is 1. The maximum atomic E-state index is 11.6. The standard InChI is InChI=1S/C18H15Cl2N2O2S/c19-11-8-12(20)10-14(9-11)24-13-4-6-22(7-5-13)15-2-1-3-16-17(15)21-18(23)25-16/h1-3,8-10,13H,4-7H2. The Morgan fingerprint density at radius 2 is 1.84 bits per heavy atom. The molecule has 4 rings (SSSR count). The van der Waals surface area contributed by atoms with E-state index in [1.165, 1.54) is 11.3 Å². The van der Waals surface area contributed by atoms with E-state index in [1.54, 1.807) is 18.2 Å². The number of halogens is 2. The monoisotopic (exact) mass is 393 g/mol. The highest BCUT2D eigenvalue weighted by molar-refractivity contribution is 7.20. The molecular formula is C18H15Cl2N2O2S. The van der Waals surface area contributed by atoms with Gasteiger partial charge in [-0.1, -0.05) is 40.6 Å². The fraction of sp³-hybridized carbons (Fsp3) is 0.278. The Morgan fingerprint density at radius 1 is 1.12 bits per heavy atom. The first-order chi connectivity index (χ1) is 12.1. The van der Waals surface area contributed by atoms with Gasteiger partial charge in [0, 0.05) is 36.0 Å². The van der Waals surface area contributed by atoms with Gasteiger partial charge in [-0.25, -0.2) is 0 Å². The summed E-state index contributed by atoms with van der Waals surface area (Å²) in [5.74, 6) is 0.702. The van der Waals surface area contributed by atoms with Gasteiger partial charge in [0.2, 0.25) is 0 Å². The van der Waals surface area contributed by atoms with Gasteiger partial charge in [0.15, 0.2) is 0 Å². The van der Waals surface area contributed by atoms with Crippen molar-refractivity contribution in [2.24, 2.45) is 0 Å². The van der Waals surface area contributed by atoms with Gasteiger partial charge in [0.1, 0.15) is 17.4 Å². The Hall–Kier alpha value is -1.69. The fourth-order valence-corrected chi connectivity index (χ4v) is 4.40. The van der Waals surface area contributed by atoms with Crippen LogP contribution in [0, 0.1) is 0 Å². The highest BCUT2D eigenvalue weighted by Gasteiger charge is 2.23. The Balaban J connectivity index is 1.46. The lowest BCUT2D eigenvalue weighted by Gasteiger charge is -2.33. The van der Waals surface area contributed by atoms with Crippen molar-refractivity contribution in [3.8, 4) is 10.9 Å². The molecule has 0 atom stereocenters. The van der Waals surface area contributed by atoms with E-state index in [-0.39, 0.29) is 11.3 Å². The zero-order valence-electron chi connectivity index (χ0n) is 13.2. The average Bonchev–Trinajstić information content (AvgIpc) is 2.95. The smallest absolute Gasteiger partial charge is 0.327 e. The average molecular weight is 394 g/mol. The van der Waals surface area contributed by atoms with Crippen LogP contribution in [0.25, 0.3) is 10.2 Å². The van der Waals surface area contributed by atoms with Crippen LogP contribution in [0.4, 0.5) is 5.69 Å². The topological polar surface area (TPSA) is 45.3 Å². The molecule has 3 aromatic rings. The third-order valence-corrected chi connectivity index (χ3v) is 5.55. The number of nitrogens with zero attached hydrogens (tertiary/aromatic N) is 2. The summed E-state index contributed by atoms with van der Waals surface area (Å²) in [6.07, 6.45) is 1.89. The highest BCUT2D eigenvalue weighted by Crippen LogP contribution is 2.35. The van der Waals surface area contributed by atoms with Crippen molar-refractivity contribution in [1.82, 2.24) is 4.98 Å². The molecule has 1 aromatic heterocycles. The molecule has 0 bridgehead atoms. The van der Waals surface area contributed by atoms with Crippen LogP contribution in [-0.2, 0) is 5.11 Å². The number of anilines is 1. The molecule has 129 valence electrons. The molecule has 1 saturated heterocycles. The number of benzene rings is 2. The van der Waals surface area contributed by atoms with Crippen molar-refractivity contribution in [1.29, 1.82) is 0 Å². The van der Waals surface area contributed by atoms with Gasteiger partial charge in [-0.3, -0.25) is 5.11 Å². The molecule has 0 aliphatic carbocycles. The molecular weight excluding hydrogens is 379 g/mol. The normalized spacial score (nSPS) is 15.7. The number of hydrogen-bond acceptors (Lipinski definition) is 4. The zero-order chi connectivity index (χ0) is 17.4. The van der Waals surface area contributed by atoms with Crippen LogP contribution in [0.5, 0.6) is 10.9 Å². The molecule has 4 nitrogen and oxygen atoms in total. The Morgan fingerprint density at radius 3 is 2.56 bits per heavy atom. The van der Waals surface area contributed by atoms with Crippen molar-refractivity contribution in [2.75, 3.05) is 18.0 Å². The lowest BCUT2D eigenvalue weighted by Crippen LogP contribution is -2.38. The predicted octanol–water partition coefficient (Wildman–Crippen LogP) is 5.79. The van der Waals surface area contributed by atoms with Crippen molar-refractivity contribution >= 4 is 50.4 Å². The van der Waals surface area contributed by atoms with Crippen molar-refractivity contribution in [3.63, 3.8) is 0 Å². The van der Waals surface area contributed by atoms with Crippen LogP contribution in [-0.4, -0.2) is 24.2 Å². The molecule has 0 amide bonds. The molecule has 7 heteroatoms. The maximum absolute atomic E-state index is 11.6. The van der Waals surface area contributed by atoms with Crippen LogP contribution < -0.4 is 9.64 Å². The van der Waals surface area contributed by atoms with E-state index in [4.69, 9.17) is 27.9 Å². The predicted molar refractivity (Wildman–Crippen MR) is 102 cm³/mol. The number of para-hydroxylation sites is 1. The van der Waals surface area contributed by atoms with Gasteiger partial charge in [0.25, 0.3) is 0 Å². The molecule has 2 aromatic carbocycles. The summed E-state index contributed by atoms with van der Waals surface area (Å²) in [5, 5.41) is 12.6. The lowest BCUT2D eigenvalue weighted by atomic mass is 10.1. The number of aromatic nitrogens is 1. The van der Waals surface area contributed by atoms with Gasteiger partial charge in [-0.05, 0) is 30.3 Å². The van der Waals surface area contributed by atoms with Crippen LogP contribution in [0.2, 0.25) is 10.0 Å². The third kappa shape index (κ3) is 3.64. The lowest BCUT2D eigenvalue weighted by molar-refractivity contribution is 0.171. The van der Waals surface area contributed by atoms with E-state index < -0.39 is 0 Å². The first-order valence-electron chi connectivity index (χ1n) is 8.03. The Kier molecular flexibility index (Phi) is 4.63.